The first-order valence-electron chi connectivity index (χ1n) is 8.67. The number of Topliss-reactive ketones (excluding diaryl/α,β-unsaturated/α-hetero) is 1. The summed E-state index contributed by atoms with van der Waals surface area (Å²) < 4.78 is 0. The summed E-state index contributed by atoms with van der Waals surface area (Å²) in [5, 5.41) is 0. The van der Waals surface area contributed by atoms with E-state index >= 15 is 0 Å². The fourth-order valence-corrected chi connectivity index (χ4v) is 3.89. The molecule has 0 atom stereocenters. The number of piperidine rings is 1. The van der Waals surface area contributed by atoms with Crippen molar-refractivity contribution in [2.75, 3.05) is 19.6 Å². The minimum Gasteiger partial charge on any atom is -0.303 e. The van der Waals surface area contributed by atoms with E-state index in [1.54, 1.807) is 0 Å². The van der Waals surface area contributed by atoms with Crippen LogP contribution in [0.25, 0.3) is 0 Å². The molecular weight excluding hydrogens is 246 g/mol. The Labute approximate surface area is 125 Å². The van der Waals surface area contributed by atoms with Crippen LogP contribution in [0, 0.1) is 10.8 Å². The van der Waals surface area contributed by atoms with Gasteiger partial charge in [0.05, 0.1) is 0 Å². The topological polar surface area (TPSA) is 20.3 Å². The van der Waals surface area contributed by atoms with Crippen LogP contribution in [0.2, 0.25) is 0 Å². The van der Waals surface area contributed by atoms with E-state index in [4.69, 9.17) is 0 Å². The van der Waals surface area contributed by atoms with E-state index in [-0.39, 0.29) is 5.41 Å². The van der Waals surface area contributed by atoms with Crippen LogP contribution in [0.1, 0.15) is 78.6 Å². The number of hydrogen-bond acceptors (Lipinski definition) is 2. The maximum atomic E-state index is 12.6. The molecule has 1 aliphatic heterocycles. The zero-order valence-electron chi connectivity index (χ0n) is 13.8. The number of hydrogen-bond donors (Lipinski definition) is 0. The molecule has 0 aromatic rings. The van der Waals surface area contributed by atoms with Crippen molar-refractivity contribution in [2.45, 2.75) is 78.6 Å². The zero-order valence-corrected chi connectivity index (χ0v) is 13.8. The molecule has 0 aromatic carbocycles. The van der Waals surface area contributed by atoms with Gasteiger partial charge >= 0.3 is 0 Å². The van der Waals surface area contributed by atoms with Crippen molar-refractivity contribution in [1.82, 2.24) is 4.90 Å². The molecule has 1 aliphatic carbocycles. The molecule has 0 radical (unpaired) electrons. The lowest BCUT2D eigenvalue weighted by Gasteiger charge is -2.43. The van der Waals surface area contributed by atoms with E-state index in [2.05, 4.69) is 25.7 Å². The van der Waals surface area contributed by atoms with E-state index in [9.17, 15) is 4.79 Å². The molecule has 2 fully saturated rings. The molecule has 0 bridgehead atoms. The number of carbonyl (C=O) groups excluding carboxylic acids is 1. The Hall–Kier alpha value is -0.370. The SMILES string of the molecule is CC(C)(C)C(=O)CC1(CN2CCCCC2)CCCCC1. The highest BCUT2D eigenvalue weighted by atomic mass is 16.1. The van der Waals surface area contributed by atoms with Gasteiger partial charge in [0, 0.05) is 18.4 Å². The van der Waals surface area contributed by atoms with Gasteiger partial charge in [-0.1, -0.05) is 46.5 Å². The third kappa shape index (κ3) is 4.31. The molecular formula is C18H33NO. The summed E-state index contributed by atoms with van der Waals surface area (Å²) in [6, 6.07) is 0. The lowest BCUT2D eigenvalue weighted by molar-refractivity contribution is -0.129. The van der Waals surface area contributed by atoms with Gasteiger partial charge in [-0.3, -0.25) is 4.79 Å². The van der Waals surface area contributed by atoms with Gasteiger partial charge in [-0.25, -0.2) is 0 Å². The third-order valence-corrected chi connectivity index (χ3v) is 5.29. The average Bonchev–Trinajstić information content (AvgIpc) is 2.39. The zero-order chi connectivity index (χ0) is 14.6. The largest absolute Gasteiger partial charge is 0.303 e. The maximum absolute atomic E-state index is 12.6. The number of ketones is 1. The van der Waals surface area contributed by atoms with Crippen LogP contribution in [-0.4, -0.2) is 30.3 Å². The summed E-state index contributed by atoms with van der Waals surface area (Å²) in [6.07, 6.45) is 11.5. The first kappa shape index (κ1) is 16.0. The summed E-state index contributed by atoms with van der Waals surface area (Å²) in [5.74, 6) is 0.469. The molecule has 2 rings (SSSR count). The van der Waals surface area contributed by atoms with Crippen molar-refractivity contribution in [1.29, 1.82) is 0 Å². The molecule has 1 saturated carbocycles. The van der Waals surface area contributed by atoms with E-state index in [1.807, 2.05) is 0 Å². The second-order valence-corrected chi connectivity index (χ2v) is 8.25. The van der Waals surface area contributed by atoms with Crippen LogP contribution >= 0.6 is 0 Å². The molecule has 0 amide bonds. The van der Waals surface area contributed by atoms with Crippen LogP contribution in [-0.2, 0) is 4.79 Å². The Bertz CT molecular complexity index is 317. The van der Waals surface area contributed by atoms with Crippen molar-refractivity contribution in [2.24, 2.45) is 10.8 Å². The summed E-state index contributed by atoms with van der Waals surface area (Å²) in [6.45, 7) is 9.91. The normalized spacial score (nSPS) is 24.6. The first-order chi connectivity index (χ1) is 9.41. The first-order valence-corrected chi connectivity index (χ1v) is 8.67. The minimum absolute atomic E-state index is 0.174. The molecule has 0 spiro atoms. The molecule has 0 aromatic heterocycles. The van der Waals surface area contributed by atoms with Gasteiger partial charge in [0.2, 0.25) is 0 Å². The van der Waals surface area contributed by atoms with Crippen LogP contribution in [0.15, 0.2) is 0 Å². The van der Waals surface area contributed by atoms with Crippen molar-refractivity contribution in [3.63, 3.8) is 0 Å². The highest BCUT2D eigenvalue weighted by molar-refractivity contribution is 5.84. The summed E-state index contributed by atoms with van der Waals surface area (Å²) >= 11 is 0. The van der Waals surface area contributed by atoms with Crippen LogP contribution in [0.4, 0.5) is 0 Å². The van der Waals surface area contributed by atoms with Crippen LogP contribution in [0.5, 0.6) is 0 Å². The molecule has 0 N–H and O–H groups in total. The third-order valence-electron chi connectivity index (χ3n) is 5.29. The van der Waals surface area contributed by atoms with Crippen LogP contribution < -0.4 is 0 Å². The number of nitrogens with zero attached hydrogens (tertiary/aromatic N) is 1. The molecule has 2 nitrogen and oxygen atoms in total. The Balaban J connectivity index is 2.02. The average molecular weight is 279 g/mol. The molecule has 2 aliphatic rings. The quantitative estimate of drug-likeness (QED) is 0.759. The van der Waals surface area contributed by atoms with Crippen molar-refractivity contribution < 1.29 is 4.79 Å². The standard InChI is InChI=1S/C18H33NO/c1-17(2,3)16(20)14-18(10-6-4-7-11-18)15-19-12-8-5-9-13-19/h4-15H2,1-3H3. The second kappa shape index (κ2) is 6.60. The lowest BCUT2D eigenvalue weighted by atomic mass is 9.68. The van der Waals surface area contributed by atoms with Gasteiger partial charge in [0.1, 0.15) is 5.78 Å². The van der Waals surface area contributed by atoms with Gasteiger partial charge in [0.25, 0.3) is 0 Å². The molecule has 2 heteroatoms. The van der Waals surface area contributed by atoms with E-state index in [0.29, 0.717) is 11.2 Å². The van der Waals surface area contributed by atoms with Gasteiger partial charge in [0.15, 0.2) is 0 Å². The summed E-state index contributed by atoms with van der Waals surface area (Å²) in [5.41, 5.74) is 0.117. The monoisotopic (exact) mass is 279 g/mol. The number of carbonyl (C=O) groups is 1. The summed E-state index contributed by atoms with van der Waals surface area (Å²) in [4.78, 5) is 15.2. The van der Waals surface area contributed by atoms with Crippen LogP contribution in [0.3, 0.4) is 0 Å². The van der Waals surface area contributed by atoms with Gasteiger partial charge in [-0.15, -0.1) is 0 Å². The number of likely N-dealkylation sites (tertiary alicyclic amines) is 1. The Morgan fingerprint density at radius 1 is 0.950 bits per heavy atom. The molecule has 116 valence electrons. The molecule has 20 heavy (non-hydrogen) atoms. The Morgan fingerprint density at radius 2 is 1.50 bits per heavy atom. The van der Waals surface area contributed by atoms with Gasteiger partial charge in [-0.2, -0.15) is 0 Å². The highest BCUT2D eigenvalue weighted by Gasteiger charge is 2.38. The highest BCUT2D eigenvalue weighted by Crippen LogP contribution is 2.42. The predicted octanol–water partition coefficient (Wildman–Crippen LogP) is 4.43. The lowest BCUT2D eigenvalue weighted by Crippen LogP contribution is -2.44. The molecule has 1 saturated heterocycles. The minimum atomic E-state index is -0.174. The second-order valence-electron chi connectivity index (χ2n) is 8.25. The molecule has 1 heterocycles. The fraction of sp³-hybridized carbons (Fsp3) is 0.944. The fourth-order valence-electron chi connectivity index (χ4n) is 3.89. The van der Waals surface area contributed by atoms with Gasteiger partial charge in [-0.05, 0) is 44.2 Å². The maximum Gasteiger partial charge on any atom is 0.138 e. The van der Waals surface area contributed by atoms with Crippen molar-refractivity contribution in [3.05, 3.63) is 0 Å². The van der Waals surface area contributed by atoms with E-state index in [0.717, 1.165) is 6.42 Å². The molecule has 0 unspecified atom stereocenters. The number of rotatable bonds is 4. The Kier molecular flexibility index (Phi) is 5.28. The Morgan fingerprint density at radius 3 is 2.05 bits per heavy atom. The van der Waals surface area contributed by atoms with E-state index in [1.165, 1.54) is 71.0 Å². The smallest absolute Gasteiger partial charge is 0.138 e. The van der Waals surface area contributed by atoms with Crippen molar-refractivity contribution >= 4 is 5.78 Å². The van der Waals surface area contributed by atoms with E-state index < -0.39 is 0 Å². The predicted molar refractivity (Wildman–Crippen MR) is 84.9 cm³/mol. The van der Waals surface area contributed by atoms with Crippen molar-refractivity contribution in [3.8, 4) is 0 Å². The summed E-state index contributed by atoms with van der Waals surface area (Å²) in [7, 11) is 0. The van der Waals surface area contributed by atoms with Gasteiger partial charge < -0.3 is 4.90 Å².